The van der Waals surface area contributed by atoms with Crippen molar-refractivity contribution < 1.29 is 13.6 Å². The summed E-state index contributed by atoms with van der Waals surface area (Å²) in [7, 11) is 0. The van der Waals surface area contributed by atoms with Gasteiger partial charge in [0.05, 0.1) is 53.0 Å². The van der Waals surface area contributed by atoms with Crippen LogP contribution in [0, 0.1) is 22.7 Å². The van der Waals surface area contributed by atoms with E-state index in [1.54, 1.807) is 37.3 Å². The largest absolute Gasteiger partial charge is 0.388 e. The highest BCUT2D eigenvalue weighted by Crippen LogP contribution is 2.33. The van der Waals surface area contributed by atoms with E-state index < -0.39 is 30.0 Å². The van der Waals surface area contributed by atoms with Gasteiger partial charge < -0.3 is 21.8 Å². The Labute approximate surface area is 267 Å². The predicted octanol–water partition coefficient (Wildman–Crippen LogP) is 4.77. The molecule has 0 aliphatic carbocycles. The van der Waals surface area contributed by atoms with Gasteiger partial charge in [-0.3, -0.25) is 19.2 Å². The second-order valence-electron chi connectivity index (χ2n) is 10.3. The van der Waals surface area contributed by atoms with Crippen molar-refractivity contribution in [2.24, 2.45) is 17.5 Å². The first kappa shape index (κ1) is 33.1. The molecule has 0 fully saturated rings. The molecular formula is C30H29Cl2F2N9O2. The van der Waals surface area contributed by atoms with Crippen molar-refractivity contribution in [3.05, 3.63) is 97.9 Å². The van der Waals surface area contributed by atoms with Crippen molar-refractivity contribution in [1.82, 2.24) is 20.2 Å². The van der Waals surface area contributed by atoms with Gasteiger partial charge in [-0.15, -0.1) is 0 Å². The van der Waals surface area contributed by atoms with Crippen LogP contribution in [0.4, 0.5) is 14.5 Å². The molecular weight excluding hydrogens is 627 g/mol. The van der Waals surface area contributed by atoms with E-state index in [-0.39, 0.29) is 33.4 Å². The third-order valence-corrected chi connectivity index (χ3v) is 7.52. The van der Waals surface area contributed by atoms with Gasteiger partial charge in [0.15, 0.2) is 0 Å². The van der Waals surface area contributed by atoms with Gasteiger partial charge in [-0.25, -0.2) is 10.8 Å². The number of nitrogens with one attached hydrogen (secondary N) is 3. The standard InChI is InChI=1S/C30H29Cl2F2N9O2/c1-16-3-2-4-24(18-7-17(12-35)8-19(9-18)28(41-30(33)34)23(13-36)40-29(16)45)42-15-39-22(11-27(42)44)21-10-20(31)5-6-25(21)43(38)14-26(32)37/h5-11,13-16,24,30,36,41H,2-4,37-38H2,1H3,(H,40,45)/b26-14-,28-23+,36-13?. The van der Waals surface area contributed by atoms with Crippen LogP contribution in [0.25, 0.3) is 17.0 Å². The topological polar surface area (TPSA) is 179 Å². The summed E-state index contributed by atoms with van der Waals surface area (Å²) in [5, 5.41) is 23.6. The molecule has 234 valence electrons. The molecule has 2 bridgehead atoms. The number of hydrogen-bond donors (Lipinski definition) is 5. The van der Waals surface area contributed by atoms with Crippen LogP contribution in [-0.4, -0.2) is 28.2 Å². The van der Waals surface area contributed by atoms with Crippen molar-refractivity contribution in [2.75, 3.05) is 5.01 Å². The number of fused-ring (bicyclic) bond motifs is 2. The predicted molar refractivity (Wildman–Crippen MR) is 169 cm³/mol. The van der Waals surface area contributed by atoms with Crippen molar-refractivity contribution in [3.8, 4) is 17.3 Å². The van der Waals surface area contributed by atoms with Crippen LogP contribution < -0.4 is 32.8 Å². The lowest BCUT2D eigenvalue weighted by atomic mass is 9.92. The second-order valence-corrected chi connectivity index (χ2v) is 11.1. The van der Waals surface area contributed by atoms with Gasteiger partial charge in [0.2, 0.25) is 5.91 Å². The van der Waals surface area contributed by atoms with E-state index in [4.69, 9.17) is 40.2 Å². The Kier molecular flexibility index (Phi) is 10.6. The summed E-state index contributed by atoms with van der Waals surface area (Å²) in [5.41, 5.74) is 6.46. The lowest BCUT2D eigenvalue weighted by Gasteiger charge is -2.25. The maximum atomic E-state index is 13.7. The zero-order valence-corrected chi connectivity index (χ0v) is 25.4. The van der Waals surface area contributed by atoms with Crippen LogP contribution in [0.3, 0.4) is 0 Å². The molecule has 2 heterocycles. The van der Waals surface area contributed by atoms with E-state index in [9.17, 15) is 23.6 Å². The number of carbonyl (C=O) groups excluding carboxylic acids is 1. The minimum atomic E-state index is -3.04. The molecule has 0 saturated carbocycles. The Bertz CT molecular complexity index is 1780. The molecule has 1 aliphatic rings. The lowest BCUT2D eigenvalue weighted by molar-refractivity contribution is -0.123. The van der Waals surface area contributed by atoms with Crippen LogP contribution in [0.2, 0.25) is 5.02 Å². The Morgan fingerprint density at radius 2 is 2.02 bits per heavy atom. The third kappa shape index (κ3) is 7.85. The van der Waals surface area contributed by atoms with Crippen molar-refractivity contribution in [3.63, 3.8) is 0 Å². The molecule has 1 aromatic heterocycles. The number of nitrogens with zero attached hydrogens (tertiary/aromatic N) is 4. The average Bonchev–Trinajstić information content (AvgIpc) is 2.99. The van der Waals surface area contributed by atoms with Crippen LogP contribution in [-0.2, 0) is 4.79 Å². The van der Waals surface area contributed by atoms with Crippen molar-refractivity contribution >= 4 is 46.7 Å². The molecule has 4 rings (SSSR count). The number of amides is 1. The molecule has 7 N–H and O–H groups in total. The fraction of sp³-hybridized carbons (Fsp3) is 0.233. The first-order valence-electron chi connectivity index (χ1n) is 13.6. The van der Waals surface area contributed by atoms with Gasteiger partial charge in [-0.1, -0.05) is 36.5 Å². The van der Waals surface area contributed by atoms with Gasteiger partial charge in [0, 0.05) is 34.3 Å². The fourth-order valence-corrected chi connectivity index (χ4v) is 5.33. The van der Waals surface area contributed by atoms with Crippen molar-refractivity contribution in [1.29, 1.82) is 10.7 Å². The molecule has 0 spiro atoms. The fourth-order valence-electron chi connectivity index (χ4n) is 5.05. The summed E-state index contributed by atoms with van der Waals surface area (Å²) < 4.78 is 28.7. The first-order valence-corrected chi connectivity index (χ1v) is 14.4. The number of nitrogens with two attached hydrogens (primary N) is 2. The number of hydrazine groups is 1. The summed E-state index contributed by atoms with van der Waals surface area (Å²) in [6.45, 7) is -1.36. The summed E-state index contributed by atoms with van der Waals surface area (Å²) >= 11 is 12.0. The minimum Gasteiger partial charge on any atom is -0.388 e. The number of halogens is 4. The number of benzene rings is 2. The Morgan fingerprint density at radius 3 is 2.67 bits per heavy atom. The quantitative estimate of drug-likeness (QED) is 0.104. The van der Waals surface area contributed by atoms with Gasteiger partial charge in [0.1, 0.15) is 5.16 Å². The van der Waals surface area contributed by atoms with Crippen LogP contribution in [0.1, 0.15) is 48.9 Å². The highest BCUT2D eigenvalue weighted by molar-refractivity contribution is 6.31. The maximum Gasteiger partial charge on any atom is 0.313 e. The zero-order chi connectivity index (χ0) is 32.8. The van der Waals surface area contributed by atoms with Gasteiger partial charge in [0.25, 0.3) is 5.56 Å². The van der Waals surface area contributed by atoms with Gasteiger partial charge in [-0.05, 0) is 54.8 Å². The zero-order valence-electron chi connectivity index (χ0n) is 23.9. The van der Waals surface area contributed by atoms with E-state index >= 15 is 0 Å². The lowest BCUT2D eigenvalue weighted by Crippen LogP contribution is -2.33. The number of carbonyl (C=O) groups is 1. The molecule has 15 heteroatoms. The summed E-state index contributed by atoms with van der Waals surface area (Å²) in [6.07, 6.45) is 4.61. The Balaban J connectivity index is 1.90. The smallest absolute Gasteiger partial charge is 0.313 e. The number of alkyl halides is 2. The molecule has 0 radical (unpaired) electrons. The molecule has 0 saturated heterocycles. The van der Waals surface area contributed by atoms with E-state index in [1.807, 2.05) is 11.4 Å². The van der Waals surface area contributed by atoms with E-state index in [1.165, 1.54) is 34.2 Å². The number of anilines is 1. The molecule has 45 heavy (non-hydrogen) atoms. The second kappa shape index (κ2) is 14.3. The molecule has 1 aliphatic heterocycles. The molecule has 2 aromatic carbocycles. The molecule has 11 nitrogen and oxygen atoms in total. The van der Waals surface area contributed by atoms with Crippen molar-refractivity contribution in [2.45, 2.75) is 38.8 Å². The first-order chi connectivity index (χ1) is 21.4. The number of aromatic nitrogens is 2. The highest BCUT2D eigenvalue weighted by Gasteiger charge is 2.24. The number of nitriles is 1. The molecule has 2 unspecified atom stereocenters. The number of rotatable bonds is 7. The molecule has 1 amide bonds. The Morgan fingerprint density at radius 1 is 1.27 bits per heavy atom. The number of allylic oxidation sites excluding steroid dienone is 1. The van der Waals surface area contributed by atoms with E-state index in [0.29, 0.717) is 41.1 Å². The summed E-state index contributed by atoms with van der Waals surface area (Å²) in [4.78, 5) is 31.1. The molecule has 3 aromatic rings. The summed E-state index contributed by atoms with van der Waals surface area (Å²) in [5.74, 6) is 5.12. The van der Waals surface area contributed by atoms with Crippen LogP contribution >= 0.6 is 23.2 Å². The Hall–Kier alpha value is -4.77. The number of hydrogen-bond acceptors (Lipinski definition) is 9. The molecule has 2 atom stereocenters. The van der Waals surface area contributed by atoms with Crippen LogP contribution in [0.5, 0.6) is 0 Å². The monoisotopic (exact) mass is 655 g/mol. The normalized spacial score (nSPS) is 19.2. The van der Waals surface area contributed by atoms with Gasteiger partial charge in [-0.2, -0.15) is 14.0 Å². The van der Waals surface area contributed by atoms with E-state index in [0.717, 1.165) is 6.21 Å². The third-order valence-electron chi connectivity index (χ3n) is 7.19. The summed E-state index contributed by atoms with van der Waals surface area (Å²) in [6, 6.07) is 11.9. The SMILES string of the molecule is CC1CCCC(n2cnc(-c3cc(Cl)ccc3N(N)/C=C(\N)Cl)cc2=O)c2cc(C#N)cc(c2)/C(NC(F)F)=C(/C=N)NC1=O. The highest BCUT2D eigenvalue weighted by atomic mass is 35.5. The van der Waals surface area contributed by atoms with Crippen LogP contribution in [0.15, 0.2) is 70.6 Å². The van der Waals surface area contributed by atoms with Gasteiger partial charge >= 0.3 is 6.55 Å². The minimum absolute atomic E-state index is 0.0791. The van der Waals surface area contributed by atoms with E-state index in [2.05, 4.69) is 10.3 Å². The average molecular weight is 657 g/mol. The maximum absolute atomic E-state index is 13.7.